The van der Waals surface area contributed by atoms with Crippen LogP contribution >= 0.6 is 11.3 Å². The van der Waals surface area contributed by atoms with E-state index >= 15 is 0 Å². The monoisotopic (exact) mass is 368 g/mol. The summed E-state index contributed by atoms with van der Waals surface area (Å²) < 4.78 is 11.3. The molecule has 5 nitrogen and oxygen atoms in total. The molecule has 0 aliphatic heterocycles. The third kappa shape index (κ3) is 5.32. The van der Waals surface area contributed by atoms with Crippen LogP contribution in [0.5, 0.6) is 17.2 Å². The van der Waals surface area contributed by atoms with Crippen molar-refractivity contribution in [2.45, 2.75) is 20.4 Å². The average Bonchev–Trinajstić information content (AvgIpc) is 3.07. The van der Waals surface area contributed by atoms with Crippen molar-refractivity contribution in [2.24, 2.45) is 0 Å². The van der Waals surface area contributed by atoms with Crippen LogP contribution in [0.3, 0.4) is 0 Å². The quantitative estimate of drug-likeness (QED) is 0.677. The van der Waals surface area contributed by atoms with Crippen LogP contribution in [0.1, 0.15) is 16.3 Å². The van der Waals surface area contributed by atoms with Gasteiger partial charge in [0.25, 0.3) is 5.91 Å². The number of nitrogens with one attached hydrogen (secondary N) is 1. The summed E-state index contributed by atoms with van der Waals surface area (Å²) >= 11 is 1.53. The number of nitrogens with zero attached hydrogens (tertiary/aromatic N) is 1. The van der Waals surface area contributed by atoms with Gasteiger partial charge in [0, 0.05) is 11.1 Å². The lowest BCUT2D eigenvalue weighted by Crippen LogP contribution is -2.28. The second kappa shape index (κ2) is 8.49. The molecule has 1 aromatic heterocycles. The van der Waals surface area contributed by atoms with Gasteiger partial charge in [-0.2, -0.15) is 0 Å². The van der Waals surface area contributed by atoms with Gasteiger partial charge in [0.2, 0.25) is 0 Å². The molecule has 1 heterocycles. The molecule has 1 amide bonds. The van der Waals surface area contributed by atoms with Crippen LogP contribution in [0.4, 0.5) is 0 Å². The van der Waals surface area contributed by atoms with Gasteiger partial charge in [-0.15, -0.1) is 11.3 Å². The van der Waals surface area contributed by atoms with E-state index < -0.39 is 0 Å². The Kier molecular flexibility index (Phi) is 5.86. The van der Waals surface area contributed by atoms with Gasteiger partial charge in [-0.1, -0.05) is 17.7 Å². The summed E-state index contributed by atoms with van der Waals surface area (Å²) in [5.41, 5.74) is 2.15. The Morgan fingerprint density at radius 1 is 1.00 bits per heavy atom. The van der Waals surface area contributed by atoms with Crippen LogP contribution in [0.15, 0.2) is 53.9 Å². The highest BCUT2D eigenvalue weighted by molar-refractivity contribution is 7.09. The zero-order valence-electron chi connectivity index (χ0n) is 14.7. The van der Waals surface area contributed by atoms with Gasteiger partial charge in [-0.05, 0) is 50.2 Å². The predicted molar refractivity (Wildman–Crippen MR) is 102 cm³/mol. The maximum atomic E-state index is 11.8. The highest BCUT2D eigenvalue weighted by Gasteiger charge is 2.05. The lowest BCUT2D eigenvalue weighted by Gasteiger charge is -2.09. The van der Waals surface area contributed by atoms with E-state index in [2.05, 4.69) is 10.3 Å². The maximum Gasteiger partial charge on any atom is 0.258 e. The summed E-state index contributed by atoms with van der Waals surface area (Å²) in [5.74, 6) is 1.92. The number of hydrogen-bond acceptors (Lipinski definition) is 5. The Morgan fingerprint density at radius 2 is 1.62 bits per heavy atom. The second-order valence-corrected chi connectivity index (χ2v) is 6.78. The fourth-order valence-corrected chi connectivity index (χ4v) is 2.92. The van der Waals surface area contributed by atoms with Crippen LogP contribution in [-0.4, -0.2) is 17.5 Å². The maximum absolute atomic E-state index is 11.8. The first-order chi connectivity index (χ1) is 12.6. The molecule has 3 rings (SSSR count). The molecule has 0 saturated carbocycles. The minimum Gasteiger partial charge on any atom is -0.484 e. The fraction of sp³-hybridized carbons (Fsp3) is 0.200. The van der Waals surface area contributed by atoms with Crippen molar-refractivity contribution in [1.29, 1.82) is 0 Å². The lowest BCUT2D eigenvalue weighted by molar-refractivity contribution is -0.123. The molecule has 0 aliphatic carbocycles. The number of aromatic nitrogens is 1. The van der Waals surface area contributed by atoms with E-state index in [4.69, 9.17) is 9.47 Å². The predicted octanol–water partition coefficient (Wildman–Crippen LogP) is 4.25. The number of amides is 1. The van der Waals surface area contributed by atoms with Gasteiger partial charge in [0.1, 0.15) is 22.3 Å². The molecular weight excluding hydrogens is 348 g/mol. The fourth-order valence-electron chi connectivity index (χ4n) is 2.20. The van der Waals surface area contributed by atoms with Gasteiger partial charge in [0.05, 0.1) is 6.54 Å². The Labute approximate surface area is 156 Å². The number of benzene rings is 2. The molecule has 0 radical (unpaired) electrons. The summed E-state index contributed by atoms with van der Waals surface area (Å²) in [7, 11) is 0. The summed E-state index contributed by atoms with van der Waals surface area (Å²) in [4.78, 5) is 16.1. The first-order valence-corrected chi connectivity index (χ1v) is 9.11. The standard InChI is InChI=1S/C20H20N2O3S/c1-14-3-5-17(6-4-14)25-18-9-7-16(8-10-18)24-12-19(23)21-11-20-22-15(2)13-26-20/h3-10,13H,11-12H2,1-2H3,(H,21,23). The molecule has 134 valence electrons. The largest absolute Gasteiger partial charge is 0.484 e. The van der Waals surface area contributed by atoms with E-state index in [0.717, 1.165) is 16.5 Å². The van der Waals surface area contributed by atoms with Crippen LogP contribution < -0.4 is 14.8 Å². The minimum atomic E-state index is -0.183. The molecule has 3 aromatic rings. The van der Waals surface area contributed by atoms with E-state index in [1.165, 1.54) is 16.9 Å². The summed E-state index contributed by atoms with van der Waals surface area (Å²) in [6, 6.07) is 15.0. The normalized spacial score (nSPS) is 10.4. The third-order valence-corrected chi connectivity index (χ3v) is 4.52. The van der Waals surface area contributed by atoms with Crippen molar-refractivity contribution in [3.63, 3.8) is 0 Å². The molecule has 26 heavy (non-hydrogen) atoms. The van der Waals surface area contributed by atoms with Crippen molar-refractivity contribution in [3.8, 4) is 17.2 Å². The molecule has 0 spiro atoms. The summed E-state index contributed by atoms with van der Waals surface area (Å²) in [6.07, 6.45) is 0. The average molecular weight is 368 g/mol. The van der Waals surface area contributed by atoms with Crippen LogP contribution in [-0.2, 0) is 11.3 Å². The molecule has 0 saturated heterocycles. The molecule has 0 aliphatic rings. The molecular formula is C20H20N2O3S. The zero-order chi connectivity index (χ0) is 18.4. The Morgan fingerprint density at radius 3 is 2.23 bits per heavy atom. The molecule has 0 atom stereocenters. The van der Waals surface area contributed by atoms with Crippen molar-refractivity contribution in [1.82, 2.24) is 10.3 Å². The number of ether oxygens (including phenoxy) is 2. The van der Waals surface area contributed by atoms with Gasteiger partial charge >= 0.3 is 0 Å². The SMILES string of the molecule is Cc1ccc(Oc2ccc(OCC(=O)NCc3nc(C)cs3)cc2)cc1. The number of carbonyl (C=O) groups is 1. The molecule has 2 aromatic carbocycles. The van der Waals surface area contributed by atoms with Crippen molar-refractivity contribution < 1.29 is 14.3 Å². The second-order valence-electron chi connectivity index (χ2n) is 5.83. The topological polar surface area (TPSA) is 60.5 Å². The number of hydrogen-bond donors (Lipinski definition) is 1. The number of thiazole rings is 1. The number of aryl methyl sites for hydroxylation is 2. The number of carbonyl (C=O) groups excluding carboxylic acids is 1. The van der Waals surface area contributed by atoms with E-state index in [1.54, 1.807) is 12.1 Å². The molecule has 0 bridgehead atoms. The highest BCUT2D eigenvalue weighted by Crippen LogP contribution is 2.24. The summed E-state index contributed by atoms with van der Waals surface area (Å²) in [6.45, 7) is 4.34. The lowest BCUT2D eigenvalue weighted by atomic mass is 10.2. The van der Waals surface area contributed by atoms with Crippen LogP contribution in [0, 0.1) is 13.8 Å². The van der Waals surface area contributed by atoms with Gasteiger partial charge in [-0.25, -0.2) is 4.98 Å². The highest BCUT2D eigenvalue weighted by atomic mass is 32.1. The Balaban J connectivity index is 1.44. The third-order valence-electron chi connectivity index (χ3n) is 3.55. The smallest absolute Gasteiger partial charge is 0.258 e. The Bertz CT molecular complexity index is 858. The van der Waals surface area contributed by atoms with E-state index in [0.29, 0.717) is 18.0 Å². The molecule has 0 unspecified atom stereocenters. The first-order valence-electron chi connectivity index (χ1n) is 8.23. The van der Waals surface area contributed by atoms with Crippen molar-refractivity contribution in [3.05, 3.63) is 70.2 Å². The van der Waals surface area contributed by atoms with E-state index in [9.17, 15) is 4.79 Å². The van der Waals surface area contributed by atoms with Gasteiger partial charge in [-0.3, -0.25) is 4.79 Å². The Hall–Kier alpha value is -2.86. The van der Waals surface area contributed by atoms with E-state index in [1.807, 2.05) is 55.6 Å². The van der Waals surface area contributed by atoms with Gasteiger partial charge < -0.3 is 14.8 Å². The summed E-state index contributed by atoms with van der Waals surface area (Å²) in [5, 5.41) is 5.63. The zero-order valence-corrected chi connectivity index (χ0v) is 15.5. The molecule has 1 N–H and O–H groups in total. The van der Waals surface area contributed by atoms with Crippen molar-refractivity contribution >= 4 is 17.2 Å². The van der Waals surface area contributed by atoms with E-state index in [-0.39, 0.29) is 12.5 Å². The van der Waals surface area contributed by atoms with Gasteiger partial charge in [0.15, 0.2) is 6.61 Å². The first kappa shape index (κ1) is 17.9. The van der Waals surface area contributed by atoms with Crippen LogP contribution in [0.2, 0.25) is 0 Å². The van der Waals surface area contributed by atoms with Crippen molar-refractivity contribution in [2.75, 3.05) is 6.61 Å². The molecule has 6 heteroatoms. The molecule has 0 fully saturated rings. The number of rotatable bonds is 7. The van der Waals surface area contributed by atoms with Crippen LogP contribution in [0.25, 0.3) is 0 Å². The minimum absolute atomic E-state index is 0.0392.